The van der Waals surface area contributed by atoms with Gasteiger partial charge in [-0.1, -0.05) is 0 Å². The molecule has 0 N–H and O–H groups in total. The molecule has 3 aromatic rings. The highest BCUT2D eigenvalue weighted by atomic mass is 16.5. The summed E-state index contributed by atoms with van der Waals surface area (Å²) < 4.78 is 5.16. The molecule has 1 amide bonds. The van der Waals surface area contributed by atoms with Gasteiger partial charge in [0.2, 0.25) is 11.9 Å². The molecule has 0 radical (unpaired) electrons. The van der Waals surface area contributed by atoms with Crippen molar-refractivity contribution in [1.82, 2.24) is 39.8 Å². The number of aromatic nitrogens is 7. The molecule has 1 spiro atoms. The minimum atomic E-state index is -0.339. The number of nitrogens with zero attached hydrogens (tertiary/aromatic N) is 9. The van der Waals surface area contributed by atoms with Gasteiger partial charge in [-0.15, -0.1) is 0 Å². The van der Waals surface area contributed by atoms with E-state index in [4.69, 9.17) is 4.74 Å². The number of aryl methyl sites for hydroxylation is 3. The van der Waals surface area contributed by atoms with Crippen LogP contribution in [0.1, 0.15) is 42.8 Å². The smallest absolute Gasteiger partial charge is 0.316 e. The van der Waals surface area contributed by atoms with Gasteiger partial charge in [0.25, 0.3) is 0 Å². The van der Waals surface area contributed by atoms with Gasteiger partial charge in [-0.05, 0) is 51.7 Å². The Morgan fingerprint density at radius 2 is 1.77 bits per heavy atom. The van der Waals surface area contributed by atoms with Gasteiger partial charge >= 0.3 is 6.01 Å². The van der Waals surface area contributed by atoms with Crippen LogP contribution in [0.5, 0.6) is 6.01 Å². The molecule has 11 nitrogen and oxygen atoms in total. The van der Waals surface area contributed by atoms with Gasteiger partial charge in [0.05, 0.1) is 24.8 Å². The summed E-state index contributed by atoms with van der Waals surface area (Å²) in [7, 11) is 3.30. The number of carbonyl (C=O) groups is 1. The van der Waals surface area contributed by atoms with Crippen LogP contribution < -0.4 is 9.64 Å². The Labute approximate surface area is 204 Å². The summed E-state index contributed by atoms with van der Waals surface area (Å²) in [6.07, 6.45) is 5.13. The topological polar surface area (TPSA) is 115 Å². The molecule has 2 saturated heterocycles. The number of hydrogen-bond acceptors (Lipinski definition) is 9. The summed E-state index contributed by atoms with van der Waals surface area (Å²) in [4.78, 5) is 37.2. The molecule has 0 saturated carbocycles. The Hall–Kier alpha value is -3.63. The zero-order chi connectivity index (χ0) is 24.6. The fourth-order valence-corrected chi connectivity index (χ4v) is 5.25. The Bertz CT molecular complexity index is 1210. The number of ether oxygens (including phenoxy) is 1. The normalized spacial score (nSPS) is 17.8. The van der Waals surface area contributed by atoms with Gasteiger partial charge in [0, 0.05) is 44.3 Å². The Morgan fingerprint density at radius 1 is 1.03 bits per heavy atom. The number of anilines is 1. The van der Waals surface area contributed by atoms with Crippen LogP contribution in [-0.2, 0) is 18.4 Å². The monoisotopic (exact) mass is 477 g/mol. The third-order valence-electron chi connectivity index (χ3n) is 6.98. The number of methoxy groups -OCH3 is 1. The Balaban J connectivity index is 1.32. The molecule has 0 aliphatic carbocycles. The van der Waals surface area contributed by atoms with E-state index in [1.54, 1.807) is 19.3 Å². The second-order valence-corrected chi connectivity index (χ2v) is 9.46. The summed E-state index contributed by atoms with van der Waals surface area (Å²) in [5.74, 6) is 0.976. The summed E-state index contributed by atoms with van der Waals surface area (Å²) in [5, 5.41) is 9.07. The Kier molecular flexibility index (Phi) is 6.08. The van der Waals surface area contributed by atoms with Crippen LogP contribution in [0, 0.1) is 19.3 Å². The van der Waals surface area contributed by atoms with Gasteiger partial charge in [-0.2, -0.15) is 20.0 Å². The summed E-state index contributed by atoms with van der Waals surface area (Å²) in [6.45, 7) is 6.65. The number of amides is 1. The maximum atomic E-state index is 13.8. The van der Waals surface area contributed by atoms with Gasteiger partial charge in [-0.25, -0.2) is 15.0 Å². The maximum absolute atomic E-state index is 13.8. The highest BCUT2D eigenvalue weighted by molar-refractivity contribution is 5.84. The van der Waals surface area contributed by atoms with Crippen LogP contribution in [0.3, 0.4) is 0 Å². The minimum Gasteiger partial charge on any atom is -0.467 e. The maximum Gasteiger partial charge on any atom is 0.316 e. The summed E-state index contributed by atoms with van der Waals surface area (Å²) >= 11 is 0. The predicted octanol–water partition coefficient (Wildman–Crippen LogP) is 2.10. The SMILES string of the molecule is COc1nccc(-c2nn(C)nc2CN2CCCC3(CCN(c4nc(C)cc(C)n4)CC3)C2=O)n1. The first-order valence-corrected chi connectivity index (χ1v) is 12.0. The second-order valence-electron chi connectivity index (χ2n) is 9.46. The Morgan fingerprint density at radius 3 is 2.49 bits per heavy atom. The molecule has 2 aliphatic rings. The van der Waals surface area contributed by atoms with Crippen LogP contribution >= 0.6 is 0 Å². The van der Waals surface area contributed by atoms with E-state index in [2.05, 4.69) is 35.0 Å². The lowest BCUT2D eigenvalue weighted by atomic mass is 9.71. The lowest BCUT2D eigenvalue weighted by molar-refractivity contribution is -0.148. The summed E-state index contributed by atoms with van der Waals surface area (Å²) in [6, 6.07) is 4.03. The van der Waals surface area contributed by atoms with E-state index in [1.165, 1.54) is 11.9 Å². The number of likely N-dealkylation sites (tertiary alicyclic amines) is 1. The van der Waals surface area contributed by atoms with Crippen molar-refractivity contribution < 1.29 is 9.53 Å². The van der Waals surface area contributed by atoms with Crippen LogP contribution in [0.2, 0.25) is 0 Å². The largest absolute Gasteiger partial charge is 0.467 e. The molecule has 0 aromatic carbocycles. The first kappa shape index (κ1) is 23.1. The average molecular weight is 478 g/mol. The zero-order valence-electron chi connectivity index (χ0n) is 20.7. The van der Waals surface area contributed by atoms with Gasteiger partial charge in [0.15, 0.2) is 0 Å². The van der Waals surface area contributed by atoms with Crippen molar-refractivity contribution in [3.05, 3.63) is 35.4 Å². The van der Waals surface area contributed by atoms with Crippen LogP contribution in [0.4, 0.5) is 5.95 Å². The number of piperidine rings is 2. The van der Waals surface area contributed by atoms with E-state index in [-0.39, 0.29) is 17.3 Å². The van der Waals surface area contributed by atoms with Crippen molar-refractivity contribution in [2.24, 2.45) is 12.5 Å². The first-order valence-electron chi connectivity index (χ1n) is 12.0. The van der Waals surface area contributed by atoms with E-state index in [1.807, 2.05) is 24.8 Å². The highest BCUT2D eigenvalue weighted by Crippen LogP contribution is 2.42. The summed E-state index contributed by atoms with van der Waals surface area (Å²) in [5.41, 5.74) is 3.58. The molecule has 3 aromatic heterocycles. The van der Waals surface area contributed by atoms with E-state index in [0.29, 0.717) is 24.5 Å². The van der Waals surface area contributed by atoms with Crippen molar-refractivity contribution in [3.63, 3.8) is 0 Å². The standard InChI is InChI=1S/C24H31N9O2/c1-16-14-17(2)27-22(26-16)32-12-8-24(9-13-32)7-5-11-33(21(24)34)15-19-20(30-31(3)29-19)18-6-10-25-23(28-18)35-4/h6,10,14H,5,7-9,11-13,15H2,1-4H3. The molecule has 0 unspecified atom stereocenters. The molecule has 0 atom stereocenters. The average Bonchev–Trinajstić information content (AvgIpc) is 3.22. The third kappa shape index (κ3) is 4.54. The lowest BCUT2D eigenvalue weighted by Gasteiger charge is -2.46. The number of rotatable bonds is 5. The van der Waals surface area contributed by atoms with Crippen molar-refractivity contribution >= 4 is 11.9 Å². The van der Waals surface area contributed by atoms with Gasteiger partial charge < -0.3 is 14.5 Å². The molecule has 11 heteroatoms. The zero-order valence-corrected chi connectivity index (χ0v) is 20.7. The molecular formula is C24H31N9O2. The number of hydrogen-bond donors (Lipinski definition) is 0. The molecular weight excluding hydrogens is 446 g/mol. The molecule has 184 valence electrons. The van der Waals surface area contributed by atoms with Gasteiger partial charge in [0.1, 0.15) is 11.4 Å². The lowest BCUT2D eigenvalue weighted by Crippen LogP contribution is -2.53. The molecule has 0 bridgehead atoms. The first-order chi connectivity index (χ1) is 16.9. The van der Waals surface area contributed by atoms with E-state index in [9.17, 15) is 4.79 Å². The van der Waals surface area contributed by atoms with Crippen molar-refractivity contribution in [2.45, 2.75) is 46.1 Å². The fraction of sp³-hybridized carbons (Fsp3) is 0.542. The fourth-order valence-electron chi connectivity index (χ4n) is 5.25. The van der Waals surface area contributed by atoms with E-state index < -0.39 is 0 Å². The third-order valence-corrected chi connectivity index (χ3v) is 6.98. The second kappa shape index (κ2) is 9.20. The van der Waals surface area contributed by atoms with E-state index in [0.717, 1.165) is 61.8 Å². The molecule has 2 aliphatic heterocycles. The minimum absolute atomic E-state index is 0.210. The van der Waals surface area contributed by atoms with Crippen molar-refractivity contribution in [1.29, 1.82) is 0 Å². The van der Waals surface area contributed by atoms with Crippen LogP contribution in [-0.4, -0.2) is 72.5 Å². The predicted molar refractivity (Wildman–Crippen MR) is 129 cm³/mol. The van der Waals surface area contributed by atoms with Crippen molar-refractivity contribution in [2.75, 3.05) is 31.6 Å². The number of carbonyl (C=O) groups excluding carboxylic acids is 1. The van der Waals surface area contributed by atoms with Crippen molar-refractivity contribution in [3.8, 4) is 17.4 Å². The quantitative estimate of drug-likeness (QED) is 0.545. The molecule has 35 heavy (non-hydrogen) atoms. The highest BCUT2D eigenvalue weighted by Gasteiger charge is 2.46. The van der Waals surface area contributed by atoms with Gasteiger partial charge in [-0.3, -0.25) is 4.79 Å². The van der Waals surface area contributed by atoms with E-state index >= 15 is 0 Å². The van der Waals surface area contributed by atoms with Crippen LogP contribution in [0.15, 0.2) is 18.3 Å². The molecule has 5 rings (SSSR count). The van der Waals surface area contributed by atoms with Crippen LogP contribution in [0.25, 0.3) is 11.4 Å². The molecule has 2 fully saturated rings. The molecule has 5 heterocycles.